The van der Waals surface area contributed by atoms with Crippen LogP contribution < -0.4 is 16.0 Å². The van der Waals surface area contributed by atoms with Gasteiger partial charge in [-0.05, 0) is 44.5 Å². The van der Waals surface area contributed by atoms with E-state index in [9.17, 15) is 4.79 Å². The maximum absolute atomic E-state index is 11.3. The highest BCUT2D eigenvalue weighted by atomic mass is 16.1. The van der Waals surface area contributed by atoms with E-state index in [0.717, 1.165) is 25.2 Å². The van der Waals surface area contributed by atoms with Crippen LogP contribution in [0.15, 0.2) is 18.3 Å². The Bertz CT molecular complexity index is 449. The Hall–Kier alpha value is -1.62. The fraction of sp³-hybridized carbons (Fsp3) is 0.571. The molecule has 0 radical (unpaired) electrons. The molecule has 1 aromatic rings. The summed E-state index contributed by atoms with van der Waals surface area (Å²) >= 11 is 0. The molecule has 0 saturated carbocycles. The first-order valence-electron chi connectivity index (χ1n) is 6.79. The number of carbonyl (C=O) groups excluding carboxylic acids is 1. The number of carbonyl (C=O) groups is 1. The largest absolute Gasteiger partial charge is 0.369 e. The fourth-order valence-corrected chi connectivity index (χ4v) is 2.46. The summed E-state index contributed by atoms with van der Waals surface area (Å²) < 4.78 is 0. The maximum Gasteiger partial charge on any atom is 0.222 e. The van der Waals surface area contributed by atoms with Crippen molar-refractivity contribution in [1.82, 2.24) is 10.3 Å². The second-order valence-electron chi connectivity index (χ2n) is 5.15. The van der Waals surface area contributed by atoms with Crippen molar-refractivity contribution in [2.45, 2.75) is 25.8 Å². The number of aromatic nitrogens is 1. The van der Waals surface area contributed by atoms with Crippen molar-refractivity contribution in [2.75, 3.05) is 25.0 Å². The summed E-state index contributed by atoms with van der Waals surface area (Å²) in [5.41, 5.74) is 6.61. The number of pyridine rings is 1. The number of nitrogens with zero attached hydrogens (tertiary/aromatic N) is 2. The predicted molar refractivity (Wildman–Crippen MR) is 75.8 cm³/mol. The van der Waals surface area contributed by atoms with Crippen LogP contribution >= 0.6 is 0 Å². The summed E-state index contributed by atoms with van der Waals surface area (Å²) in [5, 5.41) is 3.22. The summed E-state index contributed by atoms with van der Waals surface area (Å²) in [5.74, 6) is 0.677. The molecule has 3 N–H and O–H groups in total. The van der Waals surface area contributed by atoms with E-state index in [1.54, 1.807) is 0 Å². The third-order valence-electron chi connectivity index (χ3n) is 3.85. The number of nitrogens with two attached hydrogens (primary N) is 1. The average molecular weight is 262 g/mol. The van der Waals surface area contributed by atoms with Crippen LogP contribution in [0.4, 0.5) is 5.82 Å². The molecule has 0 aromatic carbocycles. The zero-order chi connectivity index (χ0) is 13.8. The van der Waals surface area contributed by atoms with Crippen LogP contribution in [0.2, 0.25) is 0 Å². The van der Waals surface area contributed by atoms with Crippen molar-refractivity contribution in [3.05, 3.63) is 23.9 Å². The molecule has 2 unspecified atom stereocenters. The monoisotopic (exact) mass is 262 g/mol. The van der Waals surface area contributed by atoms with E-state index in [0.29, 0.717) is 12.6 Å². The van der Waals surface area contributed by atoms with Crippen molar-refractivity contribution >= 4 is 11.7 Å². The molecule has 1 fully saturated rings. The van der Waals surface area contributed by atoms with Gasteiger partial charge >= 0.3 is 0 Å². The second kappa shape index (κ2) is 6.02. The van der Waals surface area contributed by atoms with Gasteiger partial charge in [-0.1, -0.05) is 0 Å². The fourth-order valence-electron chi connectivity index (χ4n) is 2.46. The number of piperidine rings is 1. The van der Waals surface area contributed by atoms with Crippen molar-refractivity contribution in [1.29, 1.82) is 0 Å². The minimum Gasteiger partial charge on any atom is -0.369 e. The molecule has 5 nitrogen and oxygen atoms in total. The molecular weight excluding hydrogens is 240 g/mol. The molecule has 2 heterocycles. The van der Waals surface area contributed by atoms with Gasteiger partial charge in [0.1, 0.15) is 5.82 Å². The van der Waals surface area contributed by atoms with Crippen LogP contribution in [0.3, 0.4) is 0 Å². The molecule has 0 spiro atoms. The molecule has 1 amide bonds. The molecule has 104 valence electrons. The van der Waals surface area contributed by atoms with E-state index in [1.165, 1.54) is 5.56 Å². The van der Waals surface area contributed by atoms with Crippen LogP contribution in [0.1, 0.15) is 31.4 Å². The van der Waals surface area contributed by atoms with E-state index in [2.05, 4.69) is 28.2 Å². The van der Waals surface area contributed by atoms with E-state index >= 15 is 0 Å². The molecule has 1 aliphatic rings. The van der Waals surface area contributed by atoms with Crippen LogP contribution in [-0.2, 0) is 4.79 Å². The summed E-state index contributed by atoms with van der Waals surface area (Å²) in [4.78, 5) is 17.9. The van der Waals surface area contributed by atoms with Gasteiger partial charge in [0.25, 0.3) is 0 Å². The molecule has 5 heteroatoms. The molecule has 2 rings (SSSR count). The maximum atomic E-state index is 11.3. The lowest BCUT2D eigenvalue weighted by molar-refractivity contribution is -0.122. The smallest absolute Gasteiger partial charge is 0.222 e. The number of nitrogens with one attached hydrogen (secondary N) is 1. The molecule has 0 aliphatic carbocycles. The van der Waals surface area contributed by atoms with Gasteiger partial charge < -0.3 is 16.0 Å². The summed E-state index contributed by atoms with van der Waals surface area (Å²) in [7, 11) is 1.94. The van der Waals surface area contributed by atoms with E-state index in [4.69, 9.17) is 5.73 Å². The lowest BCUT2D eigenvalue weighted by Gasteiger charge is -2.32. The molecular formula is C14H22N4O. The number of amides is 1. The Morgan fingerprint density at radius 2 is 2.42 bits per heavy atom. The number of rotatable bonds is 4. The van der Waals surface area contributed by atoms with Crippen LogP contribution in [0.25, 0.3) is 0 Å². The lowest BCUT2D eigenvalue weighted by atomic mass is 9.97. The SMILES string of the molecule is CNC(C)c1ccnc(N2CCCC(C(N)=O)C2)c1. The van der Waals surface area contributed by atoms with Gasteiger partial charge in [-0.3, -0.25) is 4.79 Å². The molecule has 19 heavy (non-hydrogen) atoms. The molecule has 1 saturated heterocycles. The Balaban J connectivity index is 2.15. The lowest BCUT2D eigenvalue weighted by Crippen LogP contribution is -2.41. The third kappa shape index (κ3) is 3.23. The van der Waals surface area contributed by atoms with Gasteiger partial charge in [-0.15, -0.1) is 0 Å². The first-order chi connectivity index (χ1) is 9.11. The topological polar surface area (TPSA) is 71.2 Å². The standard InChI is InChI=1S/C14H22N4O/c1-10(16-2)11-5-6-17-13(8-11)18-7-3-4-12(9-18)14(15)19/h5-6,8,10,12,16H,3-4,7,9H2,1-2H3,(H2,15,19). The summed E-state index contributed by atoms with van der Waals surface area (Å²) in [6, 6.07) is 4.39. The van der Waals surface area contributed by atoms with Gasteiger partial charge in [0.15, 0.2) is 0 Å². The molecule has 1 aliphatic heterocycles. The van der Waals surface area contributed by atoms with Crippen molar-refractivity contribution < 1.29 is 4.79 Å². The van der Waals surface area contributed by atoms with Crippen molar-refractivity contribution in [3.63, 3.8) is 0 Å². The Labute approximate surface area is 114 Å². The predicted octanol–water partition coefficient (Wildman–Crippen LogP) is 1.06. The minimum atomic E-state index is -0.204. The summed E-state index contributed by atoms with van der Waals surface area (Å²) in [6.45, 7) is 3.73. The van der Waals surface area contributed by atoms with Crippen LogP contribution in [0, 0.1) is 5.92 Å². The van der Waals surface area contributed by atoms with Gasteiger partial charge in [0, 0.05) is 25.3 Å². The van der Waals surface area contributed by atoms with E-state index in [-0.39, 0.29) is 11.8 Å². The van der Waals surface area contributed by atoms with E-state index < -0.39 is 0 Å². The van der Waals surface area contributed by atoms with E-state index in [1.807, 2.05) is 19.3 Å². The van der Waals surface area contributed by atoms with Crippen LogP contribution in [0.5, 0.6) is 0 Å². The van der Waals surface area contributed by atoms with Crippen molar-refractivity contribution in [3.8, 4) is 0 Å². The van der Waals surface area contributed by atoms with Crippen molar-refractivity contribution in [2.24, 2.45) is 11.7 Å². The number of hydrogen-bond donors (Lipinski definition) is 2. The summed E-state index contributed by atoms with van der Waals surface area (Å²) in [6.07, 6.45) is 3.70. The first kappa shape index (κ1) is 13.8. The second-order valence-corrected chi connectivity index (χ2v) is 5.15. The minimum absolute atomic E-state index is 0.0547. The Kier molecular flexibility index (Phi) is 4.37. The Morgan fingerprint density at radius 3 is 3.11 bits per heavy atom. The quantitative estimate of drug-likeness (QED) is 0.851. The highest BCUT2D eigenvalue weighted by molar-refractivity contribution is 5.77. The number of anilines is 1. The molecule has 2 atom stereocenters. The highest BCUT2D eigenvalue weighted by Gasteiger charge is 2.24. The van der Waals surface area contributed by atoms with Gasteiger partial charge in [0.05, 0.1) is 5.92 Å². The third-order valence-corrected chi connectivity index (χ3v) is 3.85. The van der Waals surface area contributed by atoms with Gasteiger partial charge in [0.2, 0.25) is 5.91 Å². The number of primary amides is 1. The van der Waals surface area contributed by atoms with Gasteiger partial charge in [-0.25, -0.2) is 4.98 Å². The normalized spacial score (nSPS) is 21.2. The first-order valence-corrected chi connectivity index (χ1v) is 6.79. The molecule has 0 bridgehead atoms. The highest BCUT2D eigenvalue weighted by Crippen LogP contribution is 2.23. The number of hydrogen-bond acceptors (Lipinski definition) is 4. The van der Waals surface area contributed by atoms with Gasteiger partial charge in [-0.2, -0.15) is 0 Å². The molecule has 1 aromatic heterocycles. The van der Waals surface area contributed by atoms with Crippen LogP contribution in [-0.4, -0.2) is 31.0 Å². The zero-order valence-electron chi connectivity index (χ0n) is 11.6. The zero-order valence-corrected chi connectivity index (χ0v) is 11.6. The Morgan fingerprint density at radius 1 is 1.63 bits per heavy atom. The average Bonchev–Trinajstić information content (AvgIpc) is 2.46.